The lowest BCUT2D eigenvalue weighted by Gasteiger charge is -2.41. The summed E-state index contributed by atoms with van der Waals surface area (Å²) in [5.41, 5.74) is 2.64. The summed E-state index contributed by atoms with van der Waals surface area (Å²) >= 11 is 0. The van der Waals surface area contributed by atoms with Gasteiger partial charge in [-0.2, -0.15) is 5.10 Å². The fourth-order valence-electron chi connectivity index (χ4n) is 5.88. The minimum absolute atomic E-state index is 0.0425. The van der Waals surface area contributed by atoms with Gasteiger partial charge in [-0.25, -0.2) is 19.3 Å². The molecule has 1 N–H and O–H groups in total. The van der Waals surface area contributed by atoms with E-state index < -0.39 is 29.9 Å². The third-order valence-electron chi connectivity index (χ3n) is 8.39. The largest absolute Gasteiger partial charge is 0.453 e. The van der Waals surface area contributed by atoms with Crippen LogP contribution in [-0.2, 0) is 36.9 Å². The fourth-order valence-corrected chi connectivity index (χ4v) is 5.88. The molecule has 260 valence electrons. The van der Waals surface area contributed by atoms with E-state index in [1.807, 2.05) is 86.7 Å². The van der Waals surface area contributed by atoms with E-state index in [0.717, 1.165) is 40.8 Å². The number of carbonyl (C=O) groups is 3. The predicted octanol–water partition coefficient (Wildman–Crippen LogP) is 4.76. The Morgan fingerprint density at radius 3 is 2.56 bits per heavy atom. The first-order valence-electron chi connectivity index (χ1n) is 16.7. The Morgan fingerprint density at radius 2 is 1.88 bits per heavy atom. The van der Waals surface area contributed by atoms with Crippen LogP contribution in [0.2, 0.25) is 0 Å². The van der Waals surface area contributed by atoms with Crippen molar-refractivity contribution in [2.24, 2.45) is 0 Å². The van der Waals surface area contributed by atoms with E-state index in [-0.39, 0.29) is 37.7 Å². The topological polar surface area (TPSA) is 137 Å². The van der Waals surface area contributed by atoms with Crippen molar-refractivity contribution >= 4 is 29.1 Å². The first-order valence-corrected chi connectivity index (χ1v) is 16.7. The van der Waals surface area contributed by atoms with Crippen molar-refractivity contribution in [3.8, 4) is 0 Å². The molecule has 13 nitrogen and oxygen atoms in total. The molecule has 2 fully saturated rings. The molecule has 3 heterocycles. The molecule has 2 aliphatic rings. The van der Waals surface area contributed by atoms with Crippen molar-refractivity contribution in [3.63, 3.8) is 0 Å². The number of morpholine rings is 1. The number of ether oxygens (including phenoxy) is 4. The van der Waals surface area contributed by atoms with Gasteiger partial charge in [0.1, 0.15) is 5.60 Å². The summed E-state index contributed by atoms with van der Waals surface area (Å²) in [6.07, 6.45) is 0.518. The maximum Gasteiger partial charge on any atom is 0.410 e. The van der Waals surface area contributed by atoms with Crippen molar-refractivity contribution in [2.45, 2.75) is 96.9 Å². The minimum Gasteiger partial charge on any atom is -0.453 e. The van der Waals surface area contributed by atoms with Gasteiger partial charge in [-0.1, -0.05) is 30.3 Å². The lowest BCUT2D eigenvalue weighted by Crippen LogP contribution is -2.59. The van der Waals surface area contributed by atoms with Crippen molar-refractivity contribution in [3.05, 3.63) is 59.4 Å². The number of carbonyl (C=O) groups excluding carboxylic acids is 3. The molecule has 3 atom stereocenters. The lowest BCUT2D eigenvalue weighted by molar-refractivity contribution is -0.157. The predicted molar refractivity (Wildman–Crippen MR) is 178 cm³/mol. The zero-order valence-corrected chi connectivity index (χ0v) is 28.8. The number of hydrogen-bond acceptors (Lipinski definition) is 9. The number of benzene rings is 1. The highest BCUT2D eigenvalue weighted by Gasteiger charge is 2.45. The second-order valence-electron chi connectivity index (χ2n) is 13.5. The standard InChI is InChI=1S/C35H48N6O7/c1-23-13-16-28-30(38-40(31(28)37-23)18-10-17-36-33(43)45-6)24(2)41(26-14-15-26)32(42)29-19-39(34(44)48-35(3,4)5)27(22-47-29)21-46-20-25-11-8-7-9-12-25/h7-9,11-13,16,24,26-27,29H,10,14-15,17-22H2,1-6H3,(H,36,43)/t24-,27+,29-/m1/s1. The highest BCUT2D eigenvalue weighted by molar-refractivity contribution is 5.85. The minimum atomic E-state index is -0.871. The number of alkyl carbamates (subject to hydrolysis) is 1. The molecule has 5 rings (SSSR count). The summed E-state index contributed by atoms with van der Waals surface area (Å²) in [4.78, 5) is 47.5. The second kappa shape index (κ2) is 15.3. The van der Waals surface area contributed by atoms with Crippen molar-refractivity contribution in [2.75, 3.05) is 33.4 Å². The van der Waals surface area contributed by atoms with Gasteiger partial charge >= 0.3 is 12.2 Å². The van der Waals surface area contributed by atoms with Crippen LogP contribution < -0.4 is 5.32 Å². The summed E-state index contributed by atoms with van der Waals surface area (Å²) in [5.74, 6) is -0.188. The Bertz CT molecular complexity index is 1570. The molecular weight excluding hydrogens is 616 g/mol. The van der Waals surface area contributed by atoms with Gasteiger partial charge < -0.3 is 29.2 Å². The van der Waals surface area contributed by atoms with Gasteiger partial charge in [0.2, 0.25) is 0 Å². The quantitative estimate of drug-likeness (QED) is 0.272. The average molecular weight is 665 g/mol. The molecule has 1 saturated carbocycles. The van der Waals surface area contributed by atoms with Crippen LogP contribution in [0.5, 0.6) is 0 Å². The number of fused-ring (bicyclic) bond motifs is 1. The van der Waals surface area contributed by atoms with Crippen LogP contribution in [0.25, 0.3) is 11.0 Å². The third-order valence-corrected chi connectivity index (χ3v) is 8.39. The molecule has 13 heteroatoms. The summed E-state index contributed by atoms with van der Waals surface area (Å²) in [6, 6.07) is 13.0. The fraction of sp³-hybridized carbons (Fsp3) is 0.571. The molecule has 3 aromatic rings. The maximum atomic E-state index is 14.3. The monoisotopic (exact) mass is 664 g/mol. The number of nitrogens with zero attached hydrogens (tertiary/aromatic N) is 5. The zero-order valence-electron chi connectivity index (χ0n) is 28.8. The number of amides is 3. The molecule has 1 saturated heterocycles. The Kier molecular flexibility index (Phi) is 11.2. The number of hydrogen-bond donors (Lipinski definition) is 1. The Morgan fingerprint density at radius 1 is 1.12 bits per heavy atom. The molecular formula is C35H48N6O7. The van der Waals surface area contributed by atoms with Gasteiger partial charge in [-0.3, -0.25) is 9.69 Å². The SMILES string of the molecule is COC(=O)NCCCn1nc([C@@H](C)N(C(=O)[C@H]2CN(C(=O)OC(C)(C)C)[C@@H](COCc3ccccc3)CO2)C2CC2)c2ccc(C)nc21. The molecule has 1 aliphatic carbocycles. The molecule has 0 unspecified atom stereocenters. The Hall–Kier alpha value is -4.23. The summed E-state index contributed by atoms with van der Waals surface area (Å²) in [5, 5.41) is 8.51. The summed E-state index contributed by atoms with van der Waals surface area (Å²) < 4.78 is 24.5. The first kappa shape index (κ1) is 35.1. The smallest absolute Gasteiger partial charge is 0.410 e. The van der Waals surface area contributed by atoms with Gasteiger partial charge in [0.05, 0.1) is 51.3 Å². The Balaban J connectivity index is 1.33. The normalized spacial score (nSPS) is 18.8. The van der Waals surface area contributed by atoms with Crippen LogP contribution in [-0.4, -0.2) is 99.9 Å². The average Bonchev–Trinajstić information content (AvgIpc) is 3.83. The van der Waals surface area contributed by atoms with E-state index in [4.69, 9.17) is 24.3 Å². The number of aromatic nitrogens is 3. The Labute approximate surface area is 281 Å². The zero-order chi connectivity index (χ0) is 34.4. The molecule has 48 heavy (non-hydrogen) atoms. The van der Waals surface area contributed by atoms with E-state index in [1.54, 1.807) is 4.90 Å². The number of rotatable bonds is 12. The van der Waals surface area contributed by atoms with E-state index in [2.05, 4.69) is 10.1 Å². The van der Waals surface area contributed by atoms with Crippen LogP contribution in [0.4, 0.5) is 9.59 Å². The molecule has 1 aliphatic heterocycles. The molecule has 0 radical (unpaired) electrons. The highest BCUT2D eigenvalue weighted by atomic mass is 16.6. The van der Waals surface area contributed by atoms with E-state index in [1.165, 1.54) is 7.11 Å². The van der Waals surface area contributed by atoms with Gasteiger partial charge in [-0.15, -0.1) is 0 Å². The highest BCUT2D eigenvalue weighted by Crippen LogP contribution is 2.37. The van der Waals surface area contributed by atoms with Crippen LogP contribution in [0, 0.1) is 6.92 Å². The van der Waals surface area contributed by atoms with Crippen LogP contribution >= 0.6 is 0 Å². The summed E-state index contributed by atoms with van der Waals surface area (Å²) in [7, 11) is 1.33. The number of methoxy groups -OCH3 is 1. The second-order valence-corrected chi connectivity index (χ2v) is 13.5. The van der Waals surface area contributed by atoms with Crippen molar-refractivity contribution in [1.82, 2.24) is 29.9 Å². The summed E-state index contributed by atoms with van der Waals surface area (Å²) in [6.45, 7) is 11.1. The maximum absolute atomic E-state index is 14.3. The first-order chi connectivity index (χ1) is 22.9. The van der Waals surface area contributed by atoms with Gasteiger partial charge in [0.25, 0.3) is 5.91 Å². The molecule has 0 spiro atoms. The molecule has 3 amide bonds. The number of aryl methyl sites for hydroxylation is 2. The van der Waals surface area contributed by atoms with Gasteiger partial charge in [-0.05, 0) is 71.6 Å². The van der Waals surface area contributed by atoms with E-state index in [0.29, 0.717) is 26.1 Å². The molecule has 0 bridgehead atoms. The van der Waals surface area contributed by atoms with Gasteiger partial charge in [0, 0.05) is 30.2 Å². The van der Waals surface area contributed by atoms with E-state index >= 15 is 0 Å². The third kappa shape index (κ3) is 8.81. The van der Waals surface area contributed by atoms with Crippen molar-refractivity contribution in [1.29, 1.82) is 0 Å². The van der Waals surface area contributed by atoms with Crippen LogP contribution in [0.1, 0.15) is 70.0 Å². The van der Waals surface area contributed by atoms with Gasteiger partial charge in [0.15, 0.2) is 11.8 Å². The lowest BCUT2D eigenvalue weighted by atomic mass is 10.1. The number of pyridine rings is 1. The van der Waals surface area contributed by atoms with Crippen molar-refractivity contribution < 1.29 is 33.3 Å². The van der Waals surface area contributed by atoms with Crippen LogP contribution in [0.3, 0.4) is 0 Å². The van der Waals surface area contributed by atoms with Crippen LogP contribution in [0.15, 0.2) is 42.5 Å². The van der Waals surface area contributed by atoms with E-state index in [9.17, 15) is 14.4 Å². The molecule has 2 aromatic heterocycles. The molecule has 1 aromatic carbocycles. The number of nitrogens with one attached hydrogen (secondary N) is 1.